The Kier molecular flexibility index (Phi) is 7.31. The Morgan fingerprint density at radius 2 is 1.83 bits per heavy atom. The van der Waals surface area contributed by atoms with Gasteiger partial charge in [0.05, 0.1) is 30.6 Å². The van der Waals surface area contributed by atoms with Gasteiger partial charge in [-0.1, -0.05) is 18.2 Å². The van der Waals surface area contributed by atoms with Crippen molar-refractivity contribution in [1.82, 2.24) is 29.2 Å². The minimum absolute atomic E-state index is 0.124. The number of piperidine rings is 1. The molecule has 3 aromatic heterocycles. The van der Waals surface area contributed by atoms with Crippen molar-refractivity contribution in [3.63, 3.8) is 0 Å². The molecule has 0 spiro atoms. The number of ether oxygens (including phenoxy) is 1. The molecule has 0 bridgehead atoms. The normalized spacial score (nSPS) is 15.3. The lowest BCUT2D eigenvalue weighted by Crippen LogP contribution is -2.47. The van der Waals surface area contributed by atoms with E-state index in [0.29, 0.717) is 48.5 Å². The van der Waals surface area contributed by atoms with Gasteiger partial charge in [0.2, 0.25) is 5.88 Å². The summed E-state index contributed by atoms with van der Waals surface area (Å²) in [5.41, 5.74) is 0.712. The maximum Gasteiger partial charge on any atom is 0.264 e. The van der Waals surface area contributed by atoms with Gasteiger partial charge < -0.3 is 14.9 Å². The van der Waals surface area contributed by atoms with Gasteiger partial charge in [0.15, 0.2) is 5.65 Å². The summed E-state index contributed by atoms with van der Waals surface area (Å²) < 4.78 is 22.4. The fourth-order valence-corrected chi connectivity index (χ4v) is 5.12. The molecule has 0 aliphatic carbocycles. The Hall–Kier alpha value is -4.45. The highest BCUT2D eigenvalue weighted by atomic mass is 19.1. The van der Waals surface area contributed by atoms with Crippen LogP contribution in [0.4, 0.5) is 4.39 Å². The van der Waals surface area contributed by atoms with Crippen LogP contribution in [0.1, 0.15) is 24.0 Å². The third-order valence-electron chi connectivity index (χ3n) is 7.44. The van der Waals surface area contributed by atoms with Crippen molar-refractivity contribution >= 4 is 11.0 Å². The van der Waals surface area contributed by atoms with E-state index in [-0.39, 0.29) is 17.7 Å². The zero-order chi connectivity index (χ0) is 28.4. The Labute approximate surface area is 234 Å². The van der Waals surface area contributed by atoms with Crippen molar-refractivity contribution in [1.29, 1.82) is 0 Å². The maximum atomic E-state index is 13.8. The summed E-state index contributed by atoms with van der Waals surface area (Å²) in [5, 5.41) is 25.3. The molecule has 10 nitrogen and oxygen atoms in total. The van der Waals surface area contributed by atoms with Crippen LogP contribution in [-0.2, 0) is 19.7 Å². The van der Waals surface area contributed by atoms with Crippen LogP contribution in [0.15, 0.2) is 84.2 Å². The predicted octanol–water partition coefficient (Wildman–Crippen LogP) is 3.43. The molecule has 2 aromatic carbocycles. The van der Waals surface area contributed by atoms with Crippen molar-refractivity contribution in [2.75, 3.05) is 13.1 Å². The molecule has 11 heteroatoms. The Bertz CT molecular complexity index is 1710. The summed E-state index contributed by atoms with van der Waals surface area (Å²) in [6, 6.07) is 17.6. The molecule has 6 rings (SSSR count). The van der Waals surface area contributed by atoms with Crippen molar-refractivity contribution in [3.8, 4) is 17.3 Å². The summed E-state index contributed by atoms with van der Waals surface area (Å²) in [7, 11) is 0. The first kappa shape index (κ1) is 26.8. The summed E-state index contributed by atoms with van der Waals surface area (Å²) in [6.45, 7) is 1.78. The molecule has 41 heavy (non-hydrogen) atoms. The molecule has 0 radical (unpaired) electrons. The minimum Gasteiger partial charge on any atom is -0.439 e. The van der Waals surface area contributed by atoms with E-state index >= 15 is 0 Å². The average Bonchev–Trinajstić information content (AvgIpc) is 3.43. The quantitative estimate of drug-likeness (QED) is 0.299. The number of fused-ring (bicyclic) bond motifs is 1. The van der Waals surface area contributed by atoms with Crippen LogP contribution in [0.2, 0.25) is 0 Å². The summed E-state index contributed by atoms with van der Waals surface area (Å²) >= 11 is 0. The summed E-state index contributed by atoms with van der Waals surface area (Å²) in [4.78, 5) is 24.1. The molecule has 1 aliphatic rings. The SMILES string of the molecule is O=c1c2cnn(-c3ccc(F)c(CO)c3)c2ncn1CC1(O)CCN(Cc2ccc(Oc3ccccn3)cc2)CC1. The van der Waals surface area contributed by atoms with Crippen LogP contribution in [0, 0.1) is 5.82 Å². The number of benzene rings is 2. The number of pyridine rings is 1. The third-order valence-corrected chi connectivity index (χ3v) is 7.44. The predicted molar refractivity (Wildman–Crippen MR) is 149 cm³/mol. The van der Waals surface area contributed by atoms with Crippen molar-refractivity contribution in [3.05, 3.63) is 107 Å². The van der Waals surface area contributed by atoms with E-state index in [1.807, 2.05) is 36.4 Å². The van der Waals surface area contributed by atoms with Crippen molar-refractivity contribution in [2.24, 2.45) is 0 Å². The van der Waals surface area contributed by atoms with Gasteiger partial charge in [0.1, 0.15) is 23.3 Å². The lowest BCUT2D eigenvalue weighted by atomic mass is 9.91. The highest BCUT2D eigenvalue weighted by Crippen LogP contribution is 2.26. The van der Waals surface area contributed by atoms with Gasteiger partial charge in [-0.25, -0.2) is 19.0 Å². The van der Waals surface area contributed by atoms with Gasteiger partial charge in [-0.15, -0.1) is 0 Å². The summed E-state index contributed by atoms with van der Waals surface area (Å²) in [6.07, 6.45) is 5.54. The van der Waals surface area contributed by atoms with Crippen molar-refractivity contribution in [2.45, 2.75) is 38.1 Å². The lowest BCUT2D eigenvalue weighted by Gasteiger charge is -2.38. The zero-order valence-corrected chi connectivity index (χ0v) is 22.2. The first-order valence-corrected chi connectivity index (χ1v) is 13.4. The van der Waals surface area contributed by atoms with E-state index in [1.54, 1.807) is 12.3 Å². The molecular formula is C30H29FN6O4. The fraction of sp³-hybridized carbons (Fsp3) is 0.267. The van der Waals surface area contributed by atoms with E-state index in [9.17, 15) is 19.4 Å². The van der Waals surface area contributed by atoms with E-state index < -0.39 is 18.0 Å². The number of aliphatic hydroxyl groups excluding tert-OH is 1. The molecule has 0 atom stereocenters. The number of aliphatic hydroxyl groups is 2. The fourth-order valence-electron chi connectivity index (χ4n) is 5.12. The van der Waals surface area contributed by atoms with E-state index in [0.717, 1.165) is 17.9 Å². The van der Waals surface area contributed by atoms with Gasteiger partial charge >= 0.3 is 0 Å². The molecule has 210 valence electrons. The second kappa shape index (κ2) is 11.2. The zero-order valence-electron chi connectivity index (χ0n) is 22.2. The van der Waals surface area contributed by atoms with Gasteiger partial charge in [-0.2, -0.15) is 5.10 Å². The third kappa shape index (κ3) is 5.73. The average molecular weight is 557 g/mol. The Morgan fingerprint density at radius 1 is 1.02 bits per heavy atom. The number of hydrogen-bond acceptors (Lipinski definition) is 8. The molecule has 1 aliphatic heterocycles. The maximum absolute atomic E-state index is 13.8. The van der Waals surface area contributed by atoms with Crippen LogP contribution in [0.3, 0.4) is 0 Å². The first-order chi connectivity index (χ1) is 19.9. The van der Waals surface area contributed by atoms with Gasteiger partial charge in [0.25, 0.3) is 5.56 Å². The Balaban J connectivity index is 1.09. The number of halogens is 1. The number of likely N-dealkylation sites (tertiary alicyclic amines) is 1. The van der Waals surface area contributed by atoms with E-state index in [4.69, 9.17) is 4.74 Å². The molecule has 0 saturated carbocycles. The minimum atomic E-state index is -1.04. The lowest BCUT2D eigenvalue weighted by molar-refractivity contribution is -0.0364. The second-order valence-corrected chi connectivity index (χ2v) is 10.3. The topological polar surface area (TPSA) is 119 Å². The van der Waals surface area contributed by atoms with Crippen LogP contribution < -0.4 is 10.3 Å². The van der Waals surface area contributed by atoms with Gasteiger partial charge in [-0.05, 0) is 54.8 Å². The molecule has 0 unspecified atom stereocenters. The molecule has 2 N–H and O–H groups in total. The number of rotatable bonds is 8. The molecule has 5 aromatic rings. The number of hydrogen-bond donors (Lipinski definition) is 2. The highest BCUT2D eigenvalue weighted by Gasteiger charge is 2.33. The number of nitrogens with zero attached hydrogens (tertiary/aromatic N) is 6. The van der Waals surface area contributed by atoms with Crippen LogP contribution >= 0.6 is 0 Å². The molecule has 4 heterocycles. The smallest absolute Gasteiger partial charge is 0.264 e. The molecule has 0 amide bonds. The summed E-state index contributed by atoms with van der Waals surface area (Å²) in [5.74, 6) is 0.739. The van der Waals surface area contributed by atoms with Gasteiger partial charge in [-0.3, -0.25) is 14.3 Å². The Morgan fingerprint density at radius 3 is 2.56 bits per heavy atom. The van der Waals surface area contributed by atoms with E-state index in [1.165, 1.54) is 40.0 Å². The molecule has 1 saturated heterocycles. The first-order valence-electron chi connectivity index (χ1n) is 13.4. The standard InChI is InChI=1S/C30H29FN6O4/c31-26-9-6-23(15-22(26)18-38)37-28-25(16-34-37)29(39)36(20-33-28)19-30(40)10-13-35(14-11-30)17-21-4-7-24(8-5-21)41-27-3-1-2-12-32-27/h1-9,12,15-16,20,38,40H,10-11,13-14,17-19H2. The molecular weight excluding hydrogens is 527 g/mol. The molecule has 1 fully saturated rings. The van der Waals surface area contributed by atoms with Crippen LogP contribution in [-0.4, -0.2) is 58.1 Å². The second-order valence-electron chi connectivity index (χ2n) is 10.3. The van der Waals surface area contributed by atoms with E-state index in [2.05, 4.69) is 20.0 Å². The van der Waals surface area contributed by atoms with Crippen LogP contribution in [0.25, 0.3) is 16.7 Å². The van der Waals surface area contributed by atoms with Crippen LogP contribution in [0.5, 0.6) is 11.6 Å². The van der Waals surface area contributed by atoms with Gasteiger partial charge in [0, 0.05) is 37.5 Å². The highest BCUT2D eigenvalue weighted by molar-refractivity contribution is 5.75. The largest absolute Gasteiger partial charge is 0.439 e. The monoisotopic (exact) mass is 556 g/mol. The van der Waals surface area contributed by atoms with Crippen molar-refractivity contribution < 1.29 is 19.3 Å². The number of aromatic nitrogens is 5.